The van der Waals surface area contributed by atoms with Crippen LogP contribution < -0.4 is 5.32 Å². The van der Waals surface area contributed by atoms with E-state index in [4.69, 9.17) is 4.42 Å². The summed E-state index contributed by atoms with van der Waals surface area (Å²) in [5, 5.41) is 1.51. The third-order valence-corrected chi connectivity index (χ3v) is 3.36. The van der Waals surface area contributed by atoms with Gasteiger partial charge in [-0.05, 0) is 18.2 Å². The lowest BCUT2D eigenvalue weighted by molar-refractivity contribution is -0.117. The van der Waals surface area contributed by atoms with Gasteiger partial charge >= 0.3 is 0 Å². The number of thiol groups is 2. The van der Waals surface area contributed by atoms with Gasteiger partial charge in [-0.3, -0.25) is 14.4 Å². The highest BCUT2D eigenvalue weighted by atomic mass is 32.1. The molecule has 21 heavy (non-hydrogen) atoms. The van der Waals surface area contributed by atoms with Gasteiger partial charge < -0.3 is 9.73 Å². The van der Waals surface area contributed by atoms with Crippen LogP contribution in [0.4, 0.5) is 0 Å². The van der Waals surface area contributed by atoms with E-state index in [1.165, 1.54) is 7.05 Å². The molecule has 0 radical (unpaired) electrons. The molecule has 0 spiro atoms. The number of amides is 1. The fraction of sp³-hybridized carbons (Fsp3) is 0.231. The molecule has 0 aliphatic carbocycles. The van der Waals surface area contributed by atoms with Crippen LogP contribution in [0.2, 0.25) is 0 Å². The highest BCUT2D eigenvalue weighted by Crippen LogP contribution is 2.27. The van der Waals surface area contributed by atoms with Crippen molar-refractivity contribution in [3.05, 3.63) is 29.7 Å². The first-order valence-corrected chi connectivity index (χ1v) is 6.89. The lowest BCUT2D eigenvalue weighted by atomic mass is 10.1. The van der Waals surface area contributed by atoms with Crippen molar-refractivity contribution in [2.75, 3.05) is 7.05 Å². The summed E-state index contributed by atoms with van der Waals surface area (Å²) < 4.78 is 5.46. The molecule has 1 atom stereocenters. The minimum absolute atomic E-state index is 0.0847. The van der Waals surface area contributed by atoms with Gasteiger partial charge in [-0.1, -0.05) is 0 Å². The van der Waals surface area contributed by atoms with Crippen molar-refractivity contribution in [3.8, 4) is 0 Å². The van der Waals surface area contributed by atoms with Crippen LogP contribution in [0.5, 0.6) is 0 Å². The van der Waals surface area contributed by atoms with Crippen LogP contribution in [0, 0.1) is 0 Å². The third-order valence-electron chi connectivity index (χ3n) is 2.87. The maximum absolute atomic E-state index is 11.6. The van der Waals surface area contributed by atoms with Gasteiger partial charge in [-0.15, -0.1) is 25.3 Å². The first-order chi connectivity index (χ1) is 9.92. The largest absolute Gasteiger partial charge is 0.440 e. The fourth-order valence-corrected chi connectivity index (χ4v) is 2.22. The van der Waals surface area contributed by atoms with Gasteiger partial charge in [0, 0.05) is 19.0 Å². The van der Waals surface area contributed by atoms with Crippen molar-refractivity contribution >= 4 is 52.5 Å². The summed E-state index contributed by atoms with van der Waals surface area (Å²) in [6, 6.07) is 4.71. The molecule has 0 bridgehead atoms. The Balaban J connectivity index is 2.43. The van der Waals surface area contributed by atoms with E-state index in [0.717, 1.165) is 0 Å². The van der Waals surface area contributed by atoms with Gasteiger partial charge in [0.2, 0.25) is 5.89 Å². The summed E-state index contributed by atoms with van der Waals surface area (Å²) in [7, 11) is 1.52. The van der Waals surface area contributed by atoms with Gasteiger partial charge in [0.25, 0.3) is 5.91 Å². The Labute approximate surface area is 131 Å². The summed E-state index contributed by atoms with van der Waals surface area (Å²) in [5.41, 5.74) is 1.27. The Kier molecular flexibility index (Phi) is 4.69. The molecule has 110 valence electrons. The van der Waals surface area contributed by atoms with E-state index < -0.39 is 16.1 Å². The zero-order valence-corrected chi connectivity index (χ0v) is 12.8. The number of nitrogens with one attached hydrogen (secondary N) is 1. The lowest BCUT2D eigenvalue weighted by Crippen LogP contribution is -2.17. The Bertz CT molecular complexity index is 726. The number of oxazole rings is 1. The molecule has 6 nitrogen and oxygen atoms in total. The molecule has 0 aliphatic rings. The minimum atomic E-state index is -0.894. The van der Waals surface area contributed by atoms with E-state index in [2.05, 4.69) is 35.6 Å². The number of carbonyl (C=O) groups is 3. The van der Waals surface area contributed by atoms with Crippen LogP contribution in [-0.2, 0) is 9.59 Å². The molecule has 2 aromatic rings. The fourth-order valence-electron chi connectivity index (χ4n) is 1.83. The Morgan fingerprint density at radius 2 is 2.05 bits per heavy atom. The first kappa shape index (κ1) is 15.6. The van der Waals surface area contributed by atoms with Crippen molar-refractivity contribution in [2.45, 2.75) is 12.3 Å². The smallest absolute Gasteiger partial charge is 0.251 e. The second-order valence-electron chi connectivity index (χ2n) is 4.30. The minimum Gasteiger partial charge on any atom is -0.440 e. The number of nitrogens with zero attached hydrogens (tertiary/aromatic N) is 1. The molecule has 0 aliphatic heterocycles. The van der Waals surface area contributed by atoms with E-state index in [1.54, 1.807) is 18.2 Å². The zero-order chi connectivity index (χ0) is 15.6. The van der Waals surface area contributed by atoms with Gasteiger partial charge in [0.1, 0.15) is 11.4 Å². The summed E-state index contributed by atoms with van der Waals surface area (Å²) in [4.78, 5) is 38.3. The van der Waals surface area contributed by atoms with E-state index >= 15 is 0 Å². The molecule has 0 saturated carbocycles. The Morgan fingerprint density at radius 3 is 2.62 bits per heavy atom. The summed E-state index contributed by atoms with van der Waals surface area (Å²) in [5.74, 6) is -1.07. The van der Waals surface area contributed by atoms with Crippen LogP contribution in [0.1, 0.15) is 28.6 Å². The van der Waals surface area contributed by atoms with Gasteiger partial charge in [-0.25, -0.2) is 4.98 Å². The number of aromatic nitrogens is 1. The van der Waals surface area contributed by atoms with Gasteiger partial charge in [-0.2, -0.15) is 0 Å². The number of rotatable bonds is 5. The van der Waals surface area contributed by atoms with Crippen LogP contribution >= 0.6 is 25.3 Å². The van der Waals surface area contributed by atoms with E-state index in [-0.39, 0.29) is 18.2 Å². The lowest BCUT2D eigenvalue weighted by Gasteiger charge is -2.05. The molecule has 1 N–H and O–H groups in total. The van der Waals surface area contributed by atoms with E-state index in [1.807, 2.05) is 0 Å². The highest BCUT2D eigenvalue weighted by Gasteiger charge is 2.25. The maximum atomic E-state index is 11.6. The number of fused-ring (bicyclic) bond motifs is 1. The Hall–Kier alpha value is -1.80. The second kappa shape index (κ2) is 6.31. The molecule has 0 fully saturated rings. The van der Waals surface area contributed by atoms with E-state index in [9.17, 15) is 14.4 Å². The molecule has 1 heterocycles. The third kappa shape index (κ3) is 3.45. The van der Waals surface area contributed by atoms with Crippen LogP contribution in [0.15, 0.2) is 22.6 Å². The van der Waals surface area contributed by atoms with Crippen molar-refractivity contribution in [1.82, 2.24) is 10.3 Å². The molecular formula is C13H12N2O4S2. The number of benzene rings is 1. The summed E-state index contributed by atoms with van der Waals surface area (Å²) in [6.45, 7) is 0. The van der Waals surface area contributed by atoms with Crippen molar-refractivity contribution in [1.29, 1.82) is 0 Å². The SMILES string of the molecule is CNC(=O)c1ccc2oc(C(CC(=O)S)C(=O)S)nc2c1. The van der Waals surface area contributed by atoms with Crippen molar-refractivity contribution in [2.24, 2.45) is 0 Å². The first-order valence-electron chi connectivity index (χ1n) is 5.99. The molecule has 2 rings (SSSR count). The molecule has 1 aromatic heterocycles. The second-order valence-corrected chi connectivity index (χ2v) is 5.24. The van der Waals surface area contributed by atoms with Crippen molar-refractivity contribution < 1.29 is 18.8 Å². The van der Waals surface area contributed by atoms with Crippen LogP contribution in [0.3, 0.4) is 0 Å². The topological polar surface area (TPSA) is 89.3 Å². The number of carbonyl (C=O) groups excluding carboxylic acids is 3. The molecular weight excluding hydrogens is 312 g/mol. The standard InChI is InChI=1S/C13H12N2O4S2/c1-14-11(17)6-2-3-9-8(4-6)15-12(19-9)7(13(18)21)5-10(16)20/h2-4,7H,5H2,1H3,(H,14,17)(H,16,20)(H,18,21). The summed E-state index contributed by atoms with van der Waals surface area (Å²) in [6.07, 6.45) is -0.152. The van der Waals surface area contributed by atoms with Crippen LogP contribution in [-0.4, -0.2) is 28.2 Å². The van der Waals surface area contributed by atoms with Gasteiger partial charge in [0.05, 0.1) is 0 Å². The normalized spacial score (nSPS) is 12.1. The van der Waals surface area contributed by atoms with Crippen LogP contribution in [0.25, 0.3) is 11.1 Å². The molecule has 1 aromatic carbocycles. The monoisotopic (exact) mass is 324 g/mol. The molecule has 8 heteroatoms. The quantitative estimate of drug-likeness (QED) is 0.727. The molecule has 0 saturated heterocycles. The molecule has 1 amide bonds. The predicted molar refractivity (Wildman–Crippen MR) is 82.7 cm³/mol. The Morgan fingerprint density at radius 1 is 1.33 bits per heavy atom. The summed E-state index contributed by atoms with van der Waals surface area (Å²) >= 11 is 7.39. The maximum Gasteiger partial charge on any atom is 0.251 e. The highest BCUT2D eigenvalue weighted by molar-refractivity contribution is 7.97. The van der Waals surface area contributed by atoms with Crippen molar-refractivity contribution in [3.63, 3.8) is 0 Å². The zero-order valence-electron chi connectivity index (χ0n) is 11.0. The van der Waals surface area contributed by atoms with Gasteiger partial charge in [0.15, 0.2) is 15.8 Å². The average Bonchev–Trinajstić information content (AvgIpc) is 2.85. The predicted octanol–water partition coefficient (Wildman–Crippen LogP) is 1.57. The average molecular weight is 324 g/mol. The number of hydrogen-bond donors (Lipinski definition) is 3. The number of hydrogen-bond acceptors (Lipinski definition) is 5. The molecule has 1 unspecified atom stereocenters. The van der Waals surface area contributed by atoms with E-state index in [0.29, 0.717) is 16.7 Å².